The van der Waals surface area contributed by atoms with Crippen LogP contribution < -0.4 is 0 Å². The second-order valence-corrected chi connectivity index (χ2v) is 13.8. The minimum atomic E-state index is -1.73. The van der Waals surface area contributed by atoms with Crippen LogP contribution >= 0.6 is 0 Å². The molecule has 1 saturated heterocycles. The SMILES string of the molecule is CC1(C)O[C@H]2CCCC(=O)[C@@]2(CCCO[Si](C)(C)C(C)(C)C)O1. The summed E-state index contributed by atoms with van der Waals surface area (Å²) in [6, 6.07) is 0. The van der Waals surface area contributed by atoms with Gasteiger partial charge in [-0.25, -0.2) is 0 Å². The van der Waals surface area contributed by atoms with Crippen molar-refractivity contribution < 1.29 is 18.7 Å². The standard InChI is InChI=1S/C18H34O4Si/c1-16(2,3)23(6,7)20-13-9-12-18-14(19)10-8-11-15(18)21-17(4,5)22-18/h15H,8-13H2,1-7H3/t15-,18+/m0/s1. The Bertz CT molecular complexity index is 452. The second kappa shape index (κ2) is 6.25. The van der Waals surface area contributed by atoms with E-state index in [1.54, 1.807) is 0 Å². The minimum Gasteiger partial charge on any atom is -0.417 e. The fourth-order valence-corrected chi connectivity index (χ4v) is 4.47. The van der Waals surface area contributed by atoms with Gasteiger partial charge in [-0.2, -0.15) is 0 Å². The van der Waals surface area contributed by atoms with Crippen molar-refractivity contribution >= 4 is 14.1 Å². The Morgan fingerprint density at radius 3 is 2.57 bits per heavy atom. The van der Waals surface area contributed by atoms with Gasteiger partial charge in [-0.05, 0) is 57.7 Å². The van der Waals surface area contributed by atoms with E-state index in [1.807, 2.05) is 13.8 Å². The molecule has 0 radical (unpaired) electrons. The predicted octanol–water partition coefficient (Wildman–Crippen LogP) is 4.43. The van der Waals surface area contributed by atoms with Crippen molar-refractivity contribution in [1.82, 2.24) is 0 Å². The monoisotopic (exact) mass is 342 g/mol. The van der Waals surface area contributed by atoms with Gasteiger partial charge in [-0.15, -0.1) is 0 Å². The van der Waals surface area contributed by atoms with Crippen molar-refractivity contribution in [3.63, 3.8) is 0 Å². The average molecular weight is 343 g/mol. The molecule has 2 aliphatic rings. The van der Waals surface area contributed by atoms with Gasteiger partial charge in [0.15, 0.2) is 25.5 Å². The molecule has 5 heteroatoms. The first-order valence-corrected chi connectivity index (χ1v) is 11.9. The number of hydrogen-bond acceptors (Lipinski definition) is 4. The first-order valence-electron chi connectivity index (χ1n) is 8.95. The first-order chi connectivity index (χ1) is 10.4. The van der Waals surface area contributed by atoms with Crippen LogP contribution in [0.1, 0.15) is 66.7 Å². The molecule has 0 aromatic rings. The van der Waals surface area contributed by atoms with Crippen molar-refractivity contribution in [2.45, 2.75) is 102 Å². The fourth-order valence-electron chi connectivity index (χ4n) is 3.38. The van der Waals surface area contributed by atoms with Crippen molar-refractivity contribution in [3.8, 4) is 0 Å². The van der Waals surface area contributed by atoms with Gasteiger partial charge in [0.25, 0.3) is 0 Å². The van der Waals surface area contributed by atoms with Crippen LogP contribution in [-0.2, 0) is 18.7 Å². The number of fused-ring (bicyclic) bond motifs is 1. The molecule has 0 bridgehead atoms. The van der Waals surface area contributed by atoms with Crippen molar-refractivity contribution in [2.24, 2.45) is 0 Å². The molecule has 2 atom stereocenters. The lowest BCUT2D eigenvalue weighted by molar-refractivity contribution is -0.173. The molecule has 23 heavy (non-hydrogen) atoms. The van der Waals surface area contributed by atoms with Crippen LogP contribution in [0.15, 0.2) is 0 Å². The lowest BCUT2D eigenvalue weighted by atomic mass is 9.78. The highest BCUT2D eigenvalue weighted by molar-refractivity contribution is 6.74. The van der Waals surface area contributed by atoms with Crippen LogP contribution in [0, 0.1) is 0 Å². The lowest BCUT2D eigenvalue weighted by Gasteiger charge is -2.37. The Hall–Kier alpha value is -0.233. The summed E-state index contributed by atoms with van der Waals surface area (Å²) < 4.78 is 18.4. The summed E-state index contributed by atoms with van der Waals surface area (Å²) in [5, 5.41) is 0.212. The molecule has 0 spiro atoms. The Morgan fingerprint density at radius 1 is 1.30 bits per heavy atom. The molecular weight excluding hydrogens is 308 g/mol. The average Bonchev–Trinajstić information content (AvgIpc) is 2.66. The Balaban J connectivity index is 1.96. The number of carbonyl (C=O) groups is 1. The fraction of sp³-hybridized carbons (Fsp3) is 0.944. The number of Topliss-reactive ketones (excluding diaryl/α,β-unsaturated/α-hetero) is 1. The molecule has 1 aliphatic heterocycles. The van der Waals surface area contributed by atoms with E-state index in [4.69, 9.17) is 13.9 Å². The third kappa shape index (κ3) is 3.89. The molecule has 2 rings (SSSR count). The summed E-state index contributed by atoms with van der Waals surface area (Å²) in [5.41, 5.74) is -0.738. The summed E-state index contributed by atoms with van der Waals surface area (Å²) in [6.07, 6.45) is 3.89. The van der Waals surface area contributed by atoms with E-state index in [1.165, 1.54) is 0 Å². The van der Waals surface area contributed by atoms with E-state index >= 15 is 0 Å². The van der Waals surface area contributed by atoms with Crippen LogP contribution in [0.5, 0.6) is 0 Å². The zero-order chi connectivity index (χ0) is 17.5. The summed E-state index contributed by atoms with van der Waals surface area (Å²) in [7, 11) is -1.73. The number of carbonyl (C=O) groups excluding carboxylic acids is 1. The summed E-state index contributed by atoms with van der Waals surface area (Å²) in [6.45, 7) is 15.8. The van der Waals surface area contributed by atoms with Gasteiger partial charge < -0.3 is 13.9 Å². The van der Waals surface area contributed by atoms with E-state index in [9.17, 15) is 4.79 Å². The van der Waals surface area contributed by atoms with E-state index in [0.29, 0.717) is 19.4 Å². The third-order valence-electron chi connectivity index (χ3n) is 5.68. The van der Waals surface area contributed by atoms with Gasteiger partial charge in [0, 0.05) is 13.0 Å². The van der Waals surface area contributed by atoms with Crippen LogP contribution in [0.2, 0.25) is 18.1 Å². The maximum atomic E-state index is 12.6. The summed E-state index contributed by atoms with van der Waals surface area (Å²) >= 11 is 0. The minimum absolute atomic E-state index is 0.0911. The molecule has 1 saturated carbocycles. The molecule has 2 fully saturated rings. The van der Waals surface area contributed by atoms with E-state index in [2.05, 4.69) is 33.9 Å². The molecule has 1 aliphatic carbocycles. The van der Waals surface area contributed by atoms with Gasteiger partial charge in [-0.1, -0.05) is 20.8 Å². The molecule has 0 N–H and O–H groups in total. The number of hydrogen-bond donors (Lipinski definition) is 0. The molecule has 0 aromatic carbocycles. The van der Waals surface area contributed by atoms with Gasteiger partial charge in [0.1, 0.15) is 0 Å². The van der Waals surface area contributed by atoms with E-state index in [-0.39, 0.29) is 16.9 Å². The molecule has 134 valence electrons. The van der Waals surface area contributed by atoms with Gasteiger partial charge in [-0.3, -0.25) is 4.79 Å². The molecule has 0 aromatic heterocycles. The Morgan fingerprint density at radius 2 is 1.96 bits per heavy atom. The van der Waals surface area contributed by atoms with Crippen molar-refractivity contribution in [2.75, 3.05) is 6.61 Å². The molecule has 1 heterocycles. The maximum absolute atomic E-state index is 12.6. The summed E-state index contributed by atoms with van der Waals surface area (Å²) in [4.78, 5) is 12.6. The highest BCUT2D eigenvalue weighted by Crippen LogP contribution is 2.45. The van der Waals surface area contributed by atoms with Gasteiger partial charge in [0.05, 0.1) is 6.10 Å². The van der Waals surface area contributed by atoms with Gasteiger partial charge in [0.2, 0.25) is 0 Å². The summed E-state index contributed by atoms with van der Waals surface area (Å²) in [5.74, 6) is -0.447. The quantitative estimate of drug-likeness (QED) is 0.547. The largest absolute Gasteiger partial charge is 0.417 e. The topological polar surface area (TPSA) is 44.8 Å². The zero-order valence-electron chi connectivity index (χ0n) is 16.0. The van der Waals surface area contributed by atoms with Crippen LogP contribution in [0.3, 0.4) is 0 Å². The lowest BCUT2D eigenvalue weighted by Crippen LogP contribution is -2.51. The molecule has 4 nitrogen and oxygen atoms in total. The smallest absolute Gasteiger partial charge is 0.191 e. The second-order valence-electron chi connectivity index (χ2n) is 9.03. The number of ether oxygens (including phenoxy) is 2. The first kappa shape index (κ1) is 19.1. The maximum Gasteiger partial charge on any atom is 0.191 e. The molecule has 0 unspecified atom stereocenters. The molecular formula is C18H34O4Si. The highest BCUT2D eigenvalue weighted by Gasteiger charge is 2.58. The number of ketones is 1. The zero-order valence-corrected chi connectivity index (χ0v) is 17.0. The predicted molar refractivity (Wildman–Crippen MR) is 94.0 cm³/mol. The molecule has 0 amide bonds. The van der Waals surface area contributed by atoms with Crippen LogP contribution in [0.25, 0.3) is 0 Å². The van der Waals surface area contributed by atoms with Crippen LogP contribution in [-0.4, -0.2) is 38.2 Å². The normalized spacial score (nSPS) is 31.3. The van der Waals surface area contributed by atoms with Gasteiger partial charge >= 0.3 is 0 Å². The Kier molecular flexibility index (Phi) is 5.19. The van der Waals surface area contributed by atoms with Crippen molar-refractivity contribution in [1.29, 1.82) is 0 Å². The van der Waals surface area contributed by atoms with E-state index < -0.39 is 19.7 Å². The van der Waals surface area contributed by atoms with Crippen molar-refractivity contribution in [3.05, 3.63) is 0 Å². The Labute approximate surface area is 142 Å². The van der Waals surface area contributed by atoms with E-state index in [0.717, 1.165) is 19.3 Å². The third-order valence-corrected chi connectivity index (χ3v) is 10.2. The highest BCUT2D eigenvalue weighted by atomic mass is 28.4. The van der Waals surface area contributed by atoms with Crippen LogP contribution in [0.4, 0.5) is 0 Å². The number of rotatable bonds is 5.